The molecule has 0 saturated carbocycles. The summed E-state index contributed by atoms with van der Waals surface area (Å²) in [6, 6.07) is 3.79. The quantitative estimate of drug-likeness (QED) is 0.164. The van der Waals surface area contributed by atoms with Gasteiger partial charge in [-0.2, -0.15) is 10.2 Å². The van der Waals surface area contributed by atoms with Crippen molar-refractivity contribution in [1.29, 1.82) is 0 Å². The molecule has 252 valence electrons. The molecule has 0 N–H and O–H groups in total. The molecule has 1 saturated heterocycles. The van der Waals surface area contributed by atoms with Crippen molar-refractivity contribution in [3.63, 3.8) is 0 Å². The van der Waals surface area contributed by atoms with E-state index in [4.69, 9.17) is 24.3 Å². The van der Waals surface area contributed by atoms with Gasteiger partial charge >= 0.3 is 5.97 Å². The number of ether oxygens (including phenoxy) is 3. The van der Waals surface area contributed by atoms with Crippen LogP contribution in [0.5, 0.6) is 0 Å². The number of piperidine rings is 1. The second kappa shape index (κ2) is 13.6. The van der Waals surface area contributed by atoms with Crippen molar-refractivity contribution in [3.8, 4) is 11.3 Å². The van der Waals surface area contributed by atoms with E-state index in [-0.39, 0.29) is 29.9 Å². The van der Waals surface area contributed by atoms with Gasteiger partial charge in [0.05, 0.1) is 47.3 Å². The maximum Gasteiger partial charge on any atom is 0.309 e. The summed E-state index contributed by atoms with van der Waals surface area (Å²) in [4.78, 5) is 37.8. The van der Waals surface area contributed by atoms with Crippen LogP contribution in [0.3, 0.4) is 0 Å². The molecular formula is C36H43N7O5. The molecule has 1 aliphatic carbocycles. The molecule has 1 fully saturated rings. The molecule has 4 aromatic heterocycles. The Morgan fingerprint density at radius 3 is 2.75 bits per heavy atom. The average Bonchev–Trinajstić information content (AvgIpc) is 3.70. The monoisotopic (exact) mass is 653 g/mol. The van der Waals surface area contributed by atoms with E-state index in [1.807, 2.05) is 42.9 Å². The zero-order chi connectivity index (χ0) is 33.4. The van der Waals surface area contributed by atoms with Crippen LogP contribution in [-0.4, -0.2) is 91.6 Å². The number of methoxy groups -OCH3 is 1. The highest BCUT2D eigenvalue weighted by Gasteiger charge is 2.33. The van der Waals surface area contributed by atoms with Crippen LogP contribution in [-0.2, 0) is 19.0 Å². The van der Waals surface area contributed by atoms with Gasteiger partial charge in [-0.25, -0.2) is 14.2 Å². The van der Waals surface area contributed by atoms with Gasteiger partial charge in [-0.1, -0.05) is 6.92 Å². The lowest BCUT2D eigenvalue weighted by atomic mass is 9.86. The van der Waals surface area contributed by atoms with Crippen LogP contribution >= 0.6 is 0 Å². The Bertz CT molecular complexity index is 1900. The van der Waals surface area contributed by atoms with Gasteiger partial charge < -0.3 is 19.1 Å². The first-order valence-electron chi connectivity index (χ1n) is 17.0. The fraction of sp³-hybridized carbons (Fsp3) is 0.500. The Hall–Kier alpha value is -4.42. The minimum Gasteiger partial charge on any atom is -0.494 e. The molecule has 0 amide bonds. The first-order chi connectivity index (χ1) is 23.3. The standard InChI is InChI=1S/C36H43N7O5/c1-22(2)48-36(45)24-8-14-41(15-9-24)12-5-7-31(44)34-27-20-38-28(26-21-39-42-13-6-11-37-35(26)42)18-29(27)43(40-34)30-19-32-25(17-33(30)46-4)23(3)10-16-47-32/h6,11,13,18-24,33H,5,7-10,12,14-17H2,1-4H3. The summed E-state index contributed by atoms with van der Waals surface area (Å²) in [6.45, 7) is 9.08. The molecular weight excluding hydrogens is 610 g/mol. The zero-order valence-electron chi connectivity index (χ0n) is 28.1. The third-order valence-corrected chi connectivity index (χ3v) is 9.80. The van der Waals surface area contributed by atoms with Gasteiger partial charge in [0.25, 0.3) is 0 Å². The van der Waals surface area contributed by atoms with Crippen molar-refractivity contribution in [2.45, 2.75) is 71.5 Å². The second-order valence-corrected chi connectivity index (χ2v) is 13.3. The third-order valence-electron chi connectivity index (χ3n) is 9.80. The van der Waals surface area contributed by atoms with Gasteiger partial charge in [-0.15, -0.1) is 0 Å². The maximum atomic E-state index is 13.9. The molecule has 2 unspecified atom stereocenters. The van der Waals surface area contributed by atoms with Gasteiger partial charge in [0, 0.05) is 50.0 Å². The molecule has 2 aliphatic heterocycles. The lowest BCUT2D eigenvalue weighted by Gasteiger charge is -2.33. The van der Waals surface area contributed by atoms with Crippen molar-refractivity contribution >= 4 is 34.0 Å². The van der Waals surface area contributed by atoms with Crippen LogP contribution in [0, 0.1) is 11.8 Å². The van der Waals surface area contributed by atoms with Crippen molar-refractivity contribution in [2.24, 2.45) is 11.8 Å². The van der Waals surface area contributed by atoms with Crippen LogP contribution in [0.2, 0.25) is 0 Å². The predicted molar refractivity (Wildman–Crippen MR) is 180 cm³/mol. The van der Waals surface area contributed by atoms with Crippen molar-refractivity contribution in [1.82, 2.24) is 34.3 Å². The topological polar surface area (TPSA) is 126 Å². The third kappa shape index (κ3) is 6.26. The Balaban J connectivity index is 1.17. The van der Waals surface area contributed by atoms with E-state index in [1.165, 1.54) is 5.57 Å². The lowest BCUT2D eigenvalue weighted by molar-refractivity contribution is -0.154. The highest BCUT2D eigenvalue weighted by Crippen LogP contribution is 2.39. The molecule has 7 rings (SSSR count). The SMILES string of the molecule is COC1CC2=C(C=C1n1nc(C(=O)CCCN3CCC(C(=O)OC(C)C)CC3)c3cnc(-c4cnn5cccnc45)cc31)OCCC2C. The first kappa shape index (κ1) is 32.1. The number of carbonyl (C=O) groups is 2. The molecule has 0 radical (unpaired) electrons. The summed E-state index contributed by atoms with van der Waals surface area (Å²) in [6.07, 6.45) is 13.0. The number of carbonyl (C=O) groups excluding carboxylic acids is 2. The number of ketones is 1. The van der Waals surface area contributed by atoms with Crippen molar-refractivity contribution in [3.05, 3.63) is 60.0 Å². The van der Waals surface area contributed by atoms with Crippen LogP contribution in [0.4, 0.5) is 0 Å². The molecule has 48 heavy (non-hydrogen) atoms. The fourth-order valence-electron chi connectivity index (χ4n) is 7.10. The lowest BCUT2D eigenvalue weighted by Crippen LogP contribution is -2.38. The average molecular weight is 654 g/mol. The normalized spacial score (nSPS) is 20.6. The molecule has 3 aliphatic rings. The minimum absolute atomic E-state index is 0.0332. The van der Waals surface area contributed by atoms with Crippen molar-refractivity contribution < 1.29 is 23.8 Å². The number of allylic oxidation sites excluding steroid dienone is 1. The Morgan fingerprint density at radius 1 is 1.12 bits per heavy atom. The molecule has 0 spiro atoms. The highest BCUT2D eigenvalue weighted by atomic mass is 16.5. The van der Waals surface area contributed by atoms with Crippen LogP contribution in [0.1, 0.15) is 69.8 Å². The number of Topliss-reactive ketones (excluding diaryl/α,β-unsaturated/α-hetero) is 1. The zero-order valence-corrected chi connectivity index (χ0v) is 28.1. The number of rotatable bonds is 10. The molecule has 12 heteroatoms. The summed E-state index contributed by atoms with van der Waals surface area (Å²) in [5, 5.41) is 10.1. The molecule has 6 heterocycles. The van der Waals surface area contributed by atoms with Crippen LogP contribution < -0.4 is 0 Å². The second-order valence-electron chi connectivity index (χ2n) is 13.3. The maximum absolute atomic E-state index is 13.9. The van der Waals surface area contributed by atoms with Crippen LogP contribution in [0.15, 0.2) is 54.3 Å². The molecule has 2 atom stereocenters. The van der Waals surface area contributed by atoms with E-state index in [0.29, 0.717) is 54.2 Å². The summed E-state index contributed by atoms with van der Waals surface area (Å²) >= 11 is 0. The van der Waals surface area contributed by atoms with Crippen LogP contribution in [0.25, 0.3) is 33.5 Å². The number of fused-ring (bicyclic) bond motifs is 2. The number of hydrogen-bond acceptors (Lipinski definition) is 10. The molecule has 12 nitrogen and oxygen atoms in total. The summed E-state index contributed by atoms with van der Waals surface area (Å²) in [5.41, 5.74) is 5.40. The van der Waals surface area contributed by atoms with Gasteiger partial charge in [0.15, 0.2) is 11.4 Å². The van der Waals surface area contributed by atoms with Gasteiger partial charge in [0.2, 0.25) is 0 Å². The van der Waals surface area contributed by atoms with E-state index >= 15 is 0 Å². The number of aromatic nitrogens is 6. The highest BCUT2D eigenvalue weighted by molar-refractivity contribution is 6.07. The van der Waals surface area contributed by atoms with E-state index in [1.54, 1.807) is 30.2 Å². The number of esters is 1. The van der Waals surface area contributed by atoms with Crippen molar-refractivity contribution in [2.75, 3.05) is 33.4 Å². The van der Waals surface area contributed by atoms with Gasteiger partial charge in [-0.05, 0) is 82.8 Å². The number of nitrogens with zero attached hydrogens (tertiary/aromatic N) is 7. The predicted octanol–water partition coefficient (Wildman–Crippen LogP) is 5.34. The fourth-order valence-corrected chi connectivity index (χ4v) is 7.10. The minimum atomic E-state index is -0.255. The van der Waals surface area contributed by atoms with E-state index in [0.717, 1.165) is 61.4 Å². The molecule has 4 aromatic rings. The summed E-state index contributed by atoms with van der Waals surface area (Å²) in [5.74, 6) is 1.10. The van der Waals surface area contributed by atoms with E-state index < -0.39 is 0 Å². The Morgan fingerprint density at radius 2 is 1.96 bits per heavy atom. The number of pyridine rings is 1. The number of hydrogen-bond donors (Lipinski definition) is 0. The smallest absolute Gasteiger partial charge is 0.309 e. The largest absolute Gasteiger partial charge is 0.494 e. The Labute approximate surface area is 279 Å². The van der Waals surface area contributed by atoms with Gasteiger partial charge in [-0.3, -0.25) is 14.6 Å². The molecule has 0 bridgehead atoms. The Kier molecular flexibility index (Phi) is 9.11. The number of likely N-dealkylation sites (tertiary alicyclic amines) is 1. The van der Waals surface area contributed by atoms with E-state index in [2.05, 4.69) is 21.9 Å². The summed E-state index contributed by atoms with van der Waals surface area (Å²) in [7, 11) is 1.71. The first-order valence-corrected chi connectivity index (χ1v) is 17.0. The summed E-state index contributed by atoms with van der Waals surface area (Å²) < 4.78 is 21.1. The van der Waals surface area contributed by atoms with E-state index in [9.17, 15) is 9.59 Å². The van der Waals surface area contributed by atoms with Gasteiger partial charge in [0.1, 0.15) is 17.6 Å². The molecule has 0 aromatic carbocycles.